The van der Waals surface area contributed by atoms with Crippen molar-refractivity contribution < 1.29 is 5.21 Å². The quantitative estimate of drug-likeness (QED) is 0.338. The van der Waals surface area contributed by atoms with E-state index in [-0.39, 0.29) is 5.92 Å². The second-order valence-corrected chi connectivity index (χ2v) is 3.08. The molecule has 1 atom stereocenters. The number of hydrogen-bond acceptors (Lipinski definition) is 6. The highest BCUT2D eigenvalue weighted by atomic mass is 16.4. The number of nitrogens with zero attached hydrogens (tertiary/aromatic N) is 3. The Labute approximate surface area is 82.8 Å². The van der Waals surface area contributed by atoms with Crippen molar-refractivity contribution in [3.63, 3.8) is 0 Å². The molecule has 6 nitrogen and oxygen atoms in total. The lowest BCUT2D eigenvalue weighted by molar-refractivity contribution is 0.320. The number of hydrazone groups is 1. The van der Waals surface area contributed by atoms with Crippen LogP contribution in [0, 0.1) is 5.92 Å². The predicted molar refractivity (Wildman–Crippen MR) is 56.0 cm³/mol. The maximum absolute atomic E-state index is 8.32. The first-order valence-electron chi connectivity index (χ1n) is 4.50. The van der Waals surface area contributed by atoms with Crippen LogP contribution in [0.2, 0.25) is 0 Å². The normalized spacial score (nSPS) is 19.3. The fraction of sp³-hybridized carbons (Fsp3) is 0.625. The summed E-state index contributed by atoms with van der Waals surface area (Å²) in [7, 11) is 0. The van der Waals surface area contributed by atoms with Gasteiger partial charge in [0.05, 0.1) is 12.8 Å². The molecule has 0 fully saturated rings. The fourth-order valence-electron chi connectivity index (χ4n) is 0.924. The summed E-state index contributed by atoms with van der Waals surface area (Å²) in [5.74, 6) is 0.701. The van der Waals surface area contributed by atoms with Crippen molar-refractivity contribution in [3.05, 3.63) is 0 Å². The highest BCUT2D eigenvalue weighted by Gasteiger charge is 2.05. The standard InChI is InChI=1S/C8H15N5O/c1-6(5-11-14)7(2)12-13-8-9-3-4-10-8/h5-6,14H,3-4H2,1-2H3,(H2,9,10,13). The summed E-state index contributed by atoms with van der Waals surface area (Å²) in [6.45, 7) is 5.38. The second-order valence-electron chi connectivity index (χ2n) is 3.08. The third-order valence-electron chi connectivity index (χ3n) is 1.96. The molecule has 0 aliphatic carbocycles. The van der Waals surface area contributed by atoms with Crippen LogP contribution in [-0.2, 0) is 0 Å². The predicted octanol–water partition coefficient (Wildman–Crippen LogP) is 0.00720. The van der Waals surface area contributed by atoms with Crippen LogP contribution >= 0.6 is 0 Å². The number of guanidine groups is 1. The molecule has 78 valence electrons. The van der Waals surface area contributed by atoms with E-state index in [1.54, 1.807) is 0 Å². The minimum absolute atomic E-state index is 0.00880. The highest BCUT2D eigenvalue weighted by molar-refractivity contribution is 5.97. The molecule has 0 amide bonds. The van der Waals surface area contributed by atoms with E-state index >= 15 is 0 Å². The number of aliphatic imine (C=N–C) groups is 1. The van der Waals surface area contributed by atoms with Gasteiger partial charge in [0.15, 0.2) is 0 Å². The van der Waals surface area contributed by atoms with Gasteiger partial charge in [0.1, 0.15) is 0 Å². The van der Waals surface area contributed by atoms with Gasteiger partial charge >= 0.3 is 0 Å². The van der Waals surface area contributed by atoms with Crippen LogP contribution in [0.25, 0.3) is 0 Å². The summed E-state index contributed by atoms with van der Waals surface area (Å²) < 4.78 is 0. The lowest BCUT2D eigenvalue weighted by atomic mass is 10.1. The summed E-state index contributed by atoms with van der Waals surface area (Å²) in [5.41, 5.74) is 3.64. The molecule has 0 bridgehead atoms. The zero-order valence-electron chi connectivity index (χ0n) is 8.36. The molecule has 3 N–H and O–H groups in total. The number of hydrogen-bond donors (Lipinski definition) is 3. The van der Waals surface area contributed by atoms with Gasteiger partial charge in [0.2, 0.25) is 5.96 Å². The van der Waals surface area contributed by atoms with Gasteiger partial charge < -0.3 is 10.5 Å². The fourth-order valence-corrected chi connectivity index (χ4v) is 0.924. The van der Waals surface area contributed by atoms with Gasteiger partial charge in [-0.25, -0.2) is 10.4 Å². The summed E-state index contributed by atoms with van der Waals surface area (Å²) in [4.78, 5) is 4.12. The first-order valence-corrected chi connectivity index (χ1v) is 4.50. The molecule has 1 rings (SSSR count). The van der Waals surface area contributed by atoms with Crippen LogP contribution in [0.15, 0.2) is 15.2 Å². The zero-order chi connectivity index (χ0) is 10.4. The van der Waals surface area contributed by atoms with E-state index in [2.05, 4.69) is 26.0 Å². The van der Waals surface area contributed by atoms with Crippen LogP contribution in [0.3, 0.4) is 0 Å². The Bertz CT molecular complexity index is 271. The molecule has 0 spiro atoms. The molecule has 0 aromatic rings. The molecule has 6 heteroatoms. The maximum atomic E-state index is 8.32. The Morgan fingerprint density at radius 2 is 2.57 bits per heavy atom. The van der Waals surface area contributed by atoms with Gasteiger partial charge in [-0.2, -0.15) is 5.10 Å². The molecule has 14 heavy (non-hydrogen) atoms. The van der Waals surface area contributed by atoms with Crippen LogP contribution in [0.1, 0.15) is 13.8 Å². The SMILES string of the molecule is CC(=NNC1=NCCN1)C(C)C=NO. The molecule has 0 radical (unpaired) electrons. The number of nitrogens with one attached hydrogen (secondary N) is 2. The molecule has 1 aliphatic rings. The topological polar surface area (TPSA) is 81.4 Å². The molecule has 0 aromatic heterocycles. The Kier molecular flexibility index (Phi) is 3.90. The van der Waals surface area contributed by atoms with E-state index in [1.807, 2.05) is 13.8 Å². The van der Waals surface area contributed by atoms with Crippen molar-refractivity contribution >= 4 is 17.9 Å². The molecule has 0 aromatic carbocycles. The van der Waals surface area contributed by atoms with E-state index in [4.69, 9.17) is 5.21 Å². The average molecular weight is 197 g/mol. The van der Waals surface area contributed by atoms with Crippen LogP contribution < -0.4 is 10.7 Å². The van der Waals surface area contributed by atoms with E-state index in [0.29, 0.717) is 5.96 Å². The maximum Gasteiger partial charge on any atom is 0.212 e. The minimum atomic E-state index is 0.00880. The Hall–Kier alpha value is -1.59. The minimum Gasteiger partial charge on any atom is -0.411 e. The van der Waals surface area contributed by atoms with Crippen molar-refractivity contribution in [3.8, 4) is 0 Å². The first-order chi connectivity index (χ1) is 6.74. The van der Waals surface area contributed by atoms with Crippen molar-refractivity contribution in [2.45, 2.75) is 13.8 Å². The van der Waals surface area contributed by atoms with Crippen molar-refractivity contribution in [1.82, 2.24) is 10.7 Å². The van der Waals surface area contributed by atoms with Gasteiger partial charge in [-0.05, 0) is 6.92 Å². The van der Waals surface area contributed by atoms with E-state index < -0.39 is 0 Å². The third-order valence-corrected chi connectivity index (χ3v) is 1.96. The van der Waals surface area contributed by atoms with Crippen LogP contribution in [0.4, 0.5) is 0 Å². The largest absolute Gasteiger partial charge is 0.411 e. The van der Waals surface area contributed by atoms with Crippen LogP contribution in [-0.4, -0.2) is 36.2 Å². The van der Waals surface area contributed by atoms with Crippen molar-refractivity contribution in [2.24, 2.45) is 21.2 Å². The third kappa shape index (κ3) is 3.04. The lowest BCUT2D eigenvalue weighted by Crippen LogP contribution is -2.31. The van der Waals surface area contributed by atoms with E-state index in [1.165, 1.54) is 6.21 Å². The van der Waals surface area contributed by atoms with E-state index in [9.17, 15) is 0 Å². The van der Waals surface area contributed by atoms with Crippen molar-refractivity contribution in [2.75, 3.05) is 13.1 Å². The zero-order valence-corrected chi connectivity index (χ0v) is 8.36. The molecule has 1 aliphatic heterocycles. The van der Waals surface area contributed by atoms with Gasteiger partial charge in [0, 0.05) is 18.2 Å². The summed E-state index contributed by atoms with van der Waals surface area (Å²) in [5, 5.41) is 18.4. The molecular weight excluding hydrogens is 182 g/mol. The summed E-state index contributed by atoms with van der Waals surface area (Å²) >= 11 is 0. The Morgan fingerprint density at radius 3 is 3.14 bits per heavy atom. The lowest BCUT2D eigenvalue weighted by Gasteiger charge is -2.05. The van der Waals surface area contributed by atoms with Gasteiger partial charge in [-0.3, -0.25) is 0 Å². The summed E-state index contributed by atoms with van der Waals surface area (Å²) in [6, 6.07) is 0. The first kappa shape index (κ1) is 10.5. The van der Waals surface area contributed by atoms with Gasteiger partial charge in [-0.1, -0.05) is 6.92 Å². The molecule has 1 heterocycles. The summed E-state index contributed by atoms with van der Waals surface area (Å²) in [6.07, 6.45) is 1.42. The Balaban J connectivity index is 2.42. The number of oxime groups is 1. The van der Waals surface area contributed by atoms with Gasteiger partial charge in [-0.15, -0.1) is 5.16 Å². The highest BCUT2D eigenvalue weighted by Crippen LogP contribution is 1.94. The van der Waals surface area contributed by atoms with Crippen molar-refractivity contribution in [1.29, 1.82) is 0 Å². The molecule has 1 unspecified atom stereocenters. The monoisotopic (exact) mass is 197 g/mol. The van der Waals surface area contributed by atoms with Crippen LogP contribution in [0.5, 0.6) is 0 Å². The second kappa shape index (κ2) is 5.21. The van der Waals surface area contributed by atoms with Gasteiger partial charge in [0.25, 0.3) is 0 Å². The smallest absolute Gasteiger partial charge is 0.212 e. The number of rotatable bonds is 3. The average Bonchev–Trinajstić information content (AvgIpc) is 2.67. The molecule has 0 saturated carbocycles. The van der Waals surface area contributed by atoms with E-state index in [0.717, 1.165) is 18.8 Å². The molecule has 0 saturated heterocycles. The Morgan fingerprint density at radius 1 is 1.79 bits per heavy atom. The molecular formula is C8H15N5O.